The highest BCUT2D eigenvalue weighted by Gasteiger charge is 2.24. The lowest BCUT2D eigenvalue weighted by atomic mass is 10.2. The number of H-pyrrole nitrogens is 1. The number of nitrogens with zero attached hydrogens (tertiary/aromatic N) is 4. The minimum Gasteiger partial charge on any atom is -0.447 e. The number of ether oxygens (including phenoxy) is 1. The van der Waals surface area contributed by atoms with E-state index in [0.717, 1.165) is 0 Å². The number of carbonyl (C=O) groups is 1. The fourth-order valence-electron chi connectivity index (χ4n) is 2.72. The maximum atomic E-state index is 12.4. The maximum absolute atomic E-state index is 12.4. The molecule has 0 saturated carbocycles. The zero-order valence-electron chi connectivity index (χ0n) is 12.6. The molecule has 122 valence electrons. The standard InChI is InChI=1S/C15H12ClN5O3/c1-8-17-12(16)11-13(18-8)21(14(22)19-11)10-4-2-3-9(7-10)20-5-6-24-15(20)23/h2-4,7H,5-6H2,1H3,(H,19,22). The number of imidazole rings is 1. The summed E-state index contributed by atoms with van der Waals surface area (Å²) in [5, 5.41) is 0.188. The molecular formula is C15H12ClN5O3. The molecule has 1 fully saturated rings. The second-order valence-electron chi connectivity index (χ2n) is 5.31. The molecule has 9 heteroatoms. The number of benzene rings is 1. The van der Waals surface area contributed by atoms with Crippen LogP contribution in [0.1, 0.15) is 5.82 Å². The van der Waals surface area contributed by atoms with Crippen LogP contribution >= 0.6 is 11.6 Å². The van der Waals surface area contributed by atoms with Crippen LogP contribution in [0.5, 0.6) is 0 Å². The molecule has 1 aliphatic heterocycles. The first-order valence-corrected chi connectivity index (χ1v) is 7.62. The first kappa shape index (κ1) is 14.7. The molecule has 4 rings (SSSR count). The van der Waals surface area contributed by atoms with Crippen molar-refractivity contribution in [3.05, 3.63) is 45.7 Å². The van der Waals surface area contributed by atoms with Crippen molar-refractivity contribution in [2.24, 2.45) is 0 Å². The third kappa shape index (κ3) is 2.23. The molecule has 24 heavy (non-hydrogen) atoms. The predicted molar refractivity (Wildman–Crippen MR) is 87.9 cm³/mol. The van der Waals surface area contributed by atoms with Crippen molar-refractivity contribution in [1.29, 1.82) is 0 Å². The monoisotopic (exact) mass is 345 g/mol. The third-order valence-electron chi connectivity index (χ3n) is 3.76. The lowest BCUT2D eigenvalue weighted by Crippen LogP contribution is -2.23. The van der Waals surface area contributed by atoms with Crippen LogP contribution in [0.4, 0.5) is 10.5 Å². The zero-order chi connectivity index (χ0) is 16.8. The van der Waals surface area contributed by atoms with Gasteiger partial charge in [-0.15, -0.1) is 0 Å². The van der Waals surface area contributed by atoms with Crippen molar-refractivity contribution in [1.82, 2.24) is 19.5 Å². The van der Waals surface area contributed by atoms with Gasteiger partial charge in [0.25, 0.3) is 0 Å². The highest BCUT2D eigenvalue weighted by atomic mass is 35.5. The summed E-state index contributed by atoms with van der Waals surface area (Å²) < 4.78 is 6.35. The Morgan fingerprint density at radius 2 is 2.04 bits per heavy atom. The van der Waals surface area contributed by atoms with Crippen molar-refractivity contribution in [3.63, 3.8) is 0 Å². The molecule has 3 aromatic rings. The lowest BCUT2D eigenvalue weighted by Gasteiger charge is -2.14. The lowest BCUT2D eigenvalue weighted by molar-refractivity contribution is 0.181. The highest BCUT2D eigenvalue weighted by molar-refractivity contribution is 6.33. The summed E-state index contributed by atoms with van der Waals surface area (Å²) in [6.45, 7) is 2.51. The number of aromatic amines is 1. The Kier molecular flexibility index (Phi) is 3.27. The summed E-state index contributed by atoms with van der Waals surface area (Å²) in [5.74, 6) is 0.458. The number of fused-ring (bicyclic) bond motifs is 1. The number of anilines is 1. The van der Waals surface area contributed by atoms with Crippen molar-refractivity contribution in [2.45, 2.75) is 6.92 Å². The van der Waals surface area contributed by atoms with Crippen molar-refractivity contribution in [2.75, 3.05) is 18.1 Å². The molecule has 3 heterocycles. The molecule has 1 N–H and O–H groups in total. The van der Waals surface area contributed by atoms with E-state index in [9.17, 15) is 9.59 Å². The highest BCUT2D eigenvalue weighted by Crippen LogP contribution is 2.24. The minimum atomic E-state index is -0.403. The van der Waals surface area contributed by atoms with E-state index in [2.05, 4.69) is 15.0 Å². The van der Waals surface area contributed by atoms with Gasteiger partial charge in [0, 0.05) is 5.69 Å². The fourth-order valence-corrected chi connectivity index (χ4v) is 2.97. The topological polar surface area (TPSA) is 93.1 Å². The molecule has 0 aliphatic carbocycles. The first-order chi connectivity index (χ1) is 11.5. The number of halogens is 1. The second-order valence-corrected chi connectivity index (χ2v) is 5.67. The van der Waals surface area contributed by atoms with E-state index in [4.69, 9.17) is 16.3 Å². The molecule has 1 aromatic carbocycles. The smallest absolute Gasteiger partial charge is 0.414 e. The van der Waals surface area contributed by atoms with Crippen LogP contribution in [0.15, 0.2) is 29.1 Å². The van der Waals surface area contributed by atoms with Crippen molar-refractivity contribution >= 4 is 34.5 Å². The Morgan fingerprint density at radius 1 is 1.25 bits per heavy atom. The predicted octanol–water partition coefficient (Wildman–Crippen LogP) is 2.03. The van der Waals surface area contributed by atoms with Gasteiger partial charge in [0.2, 0.25) is 0 Å². The van der Waals surface area contributed by atoms with E-state index >= 15 is 0 Å². The van der Waals surface area contributed by atoms with E-state index in [-0.39, 0.29) is 10.8 Å². The van der Waals surface area contributed by atoms with Gasteiger partial charge in [-0.2, -0.15) is 0 Å². The molecular weight excluding hydrogens is 334 g/mol. The van der Waals surface area contributed by atoms with Crippen LogP contribution < -0.4 is 10.6 Å². The fraction of sp³-hybridized carbons (Fsp3) is 0.200. The Bertz CT molecular complexity index is 1030. The number of hydrogen-bond donors (Lipinski definition) is 1. The van der Waals surface area contributed by atoms with Gasteiger partial charge in [0.05, 0.1) is 12.2 Å². The van der Waals surface area contributed by atoms with E-state index in [1.165, 1.54) is 9.47 Å². The number of hydrogen-bond acceptors (Lipinski definition) is 5. The molecule has 0 spiro atoms. The van der Waals surface area contributed by atoms with Crippen molar-refractivity contribution in [3.8, 4) is 5.69 Å². The number of amides is 1. The van der Waals surface area contributed by atoms with E-state index < -0.39 is 6.09 Å². The summed E-state index contributed by atoms with van der Waals surface area (Å²) in [6.07, 6.45) is -0.403. The molecule has 0 atom stereocenters. The maximum Gasteiger partial charge on any atom is 0.414 e. The van der Waals surface area contributed by atoms with Gasteiger partial charge in [0.1, 0.15) is 17.9 Å². The largest absolute Gasteiger partial charge is 0.447 e. The average molecular weight is 346 g/mol. The van der Waals surface area contributed by atoms with Crippen LogP contribution in [0.25, 0.3) is 16.9 Å². The normalized spacial score (nSPS) is 14.4. The van der Waals surface area contributed by atoms with Crippen LogP contribution in [0.3, 0.4) is 0 Å². The number of carbonyl (C=O) groups excluding carboxylic acids is 1. The number of aromatic nitrogens is 4. The molecule has 8 nitrogen and oxygen atoms in total. The van der Waals surface area contributed by atoms with Crippen LogP contribution in [0.2, 0.25) is 5.15 Å². The molecule has 0 bridgehead atoms. The number of aryl methyl sites for hydroxylation is 1. The van der Waals surface area contributed by atoms with Gasteiger partial charge in [-0.05, 0) is 25.1 Å². The molecule has 1 saturated heterocycles. The van der Waals surface area contributed by atoms with Gasteiger partial charge >= 0.3 is 11.8 Å². The van der Waals surface area contributed by atoms with E-state index in [0.29, 0.717) is 41.5 Å². The Morgan fingerprint density at radius 3 is 2.79 bits per heavy atom. The first-order valence-electron chi connectivity index (χ1n) is 7.24. The SMILES string of the molecule is Cc1nc(Cl)c2[nH]c(=O)n(-c3cccc(N4CCOC4=O)c3)c2n1. The third-order valence-corrected chi connectivity index (χ3v) is 4.04. The van der Waals surface area contributed by atoms with E-state index in [1.807, 2.05) is 0 Å². The number of nitrogens with one attached hydrogen (secondary N) is 1. The van der Waals surface area contributed by atoms with Crippen molar-refractivity contribution < 1.29 is 9.53 Å². The number of rotatable bonds is 2. The summed E-state index contributed by atoms with van der Waals surface area (Å²) in [5.41, 5.74) is 1.59. The van der Waals surface area contributed by atoms with E-state index in [1.54, 1.807) is 31.2 Å². The Balaban J connectivity index is 1.91. The molecule has 2 aromatic heterocycles. The van der Waals surface area contributed by atoms with Crippen LogP contribution in [-0.2, 0) is 4.74 Å². The Hall–Kier alpha value is -2.87. The van der Waals surface area contributed by atoms with Gasteiger partial charge in [0.15, 0.2) is 10.8 Å². The summed E-state index contributed by atoms with van der Waals surface area (Å²) >= 11 is 6.09. The number of cyclic esters (lactones) is 1. The Labute approximate surface area is 140 Å². The van der Waals surface area contributed by atoms with Gasteiger partial charge in [-0.25, -0.2) is 24.1 Å². The van der Waals surface area contributed by atoms with Gasteiger partial charge in [-0.3, -0.25) is 4.90 Å². The molecule has 1 aliphatic rings. The summed E-state index contributed by atoms with van der Waals surface area (Å²) in [6, 6.07) is 7.03. The second kappa shape index (κ2) is 5.34. The summed E-state index contributed by atoms with van der Waals surface area (Å²) in [7, 11) is 0. The van der Waals surface area contributed by atoms with Crippen LogP contribution in [-0.4, -0.2) is 38.8 Å². The average Bonchev–Trinajstić information content (AvgIpc) is 3.10. The molecule has 0 unspecified atom stereocenters. The zero-order valence-corrected chi connectivity index (χ0v) is 13.4. The van der Waals surface area contributed by atoms with Gasteiger partial charge < -0.3 is 9.72 Å². The minimum absolute atomic E-state index is 0.188. The quantitative estimate of drug-likeness (QED) is 0.717. The summed E-state index contributed by atoms with van der Waals surface area (Å²) in [4.78, 5) is 36.6. The molecule has 0 radical (unpaired) electrons. The van der Waals surface area contributed by atoms with Crippen LogP contribution in [0, 0.1) is 6.92 Å². The molecule has 1 amide bonds. The van der Waals surface area contributed by atoms with Gasteiger partial charge in [-0.1, -0.05) is 17.7 Å².